The second-order valence-corrected chi connectivity index (χ2v) is 3.41. The molecule has 0 aliphatic carbocycles. The number of halogens is 5. The average Bonchev–Trinajstić information content (AvgIpc) is 2.08. The van der Waals surface area contributed by atoms with Crippen LogP contribution in [0.5, 0.6) is 5.75 Å². The van der Waals surface area contributed by atoms with Crippen LogP contribution in [0.4, 0.5) is 18.9 Å². The summed E-state index contributed by atoms with van der Waals surface area (Å²) in [4.78, 5) is 10.9. The van der Waals surface area contributed by atoms with E-state index in [0.29, 0.717) is 0 Å². The molecule has 8 heteroatoms. The van der Waals surface area contributed by atoms with Crippen molar-refractivity contribution in [3.05, 3.63) is 22.7 Å². The van der Waals surface area contributed by atoms with Crippen LogP contribution in [0.15, 0.2) is 12.1 Å². The van der Waals surface area contributed by atoms with Gasteiger partial charge in [0.15, 0.2) is 5.75 Å². The largest absolute Gasteiger partial charge is 0.573 e. The van der Waals surface area contributed by atoms with Crippen LogP contribution in [-0.2, 0) is 0 Å². The third kappa shape index (κ3) is 2.93. The maximum Gasteiger partial charge on any atom is 0.573 e. The quantitative estimate of drug-likeness (QED) is 0.665. The summed E-state index contributed by atoms with van der Waals surface area (Å²) in [5.74, 6) is -0.894. The van der Waals surface area contributed by atoms with Crippen LogP contribution in [0.1, 0.15) is 10.4 Å². The van der Waals surface area contributed by atoms with E-state index in [1.165, 1.54) is 0 Å². The van der Waals surface area contributed by atoms with Crippen molar-refractivity contribution in [2.45, 2.75) is 6.36 Å². The molecular formula is C8H4Cl2F3NO2. The summed E-state index contributed by atoms with van der Waals surface area (Å²) >= 11 is 10.5. The minimum Gasteiger partial charge on any atom is -0.403 e. The number of ether oxygens (including phenoxy) is 1. The molecule has 0 fully saturated rings. The maximum absolute atomic E-state index is 12.0. The highest BCUT2D eigenvalue weighted by Crippen LogP contribution is 2.37. The second kappa shape index (κ2) is 4.39. The third-order valence-corrected chi connectivity index (χ3v) is 2.04. The SMILES string of the molecule is Nc1ccc(Cl)c(OC(F)(F)F)c1C(=O)Cl. The Bertz CT molecular complexity index is 434. The number of carbonyl (C=O) groups excluding carboxylic acids is 1. The monoisotopic (exact) mass is 273 g/mol. The molecule has 0 aliphatic rings. The Hall–Kier alpha value is -1.14. The fourth-order valence-electron chi connectivity index (χ4n) is 0.991. The van der Waals surface area contributed by atoms with Crippen LogP contribution in [0.25, 0.3) is 0 Å². The minimum absolute atomic E-state index is 0.247. The molecule has 0 saturated carbocycles. The van der Waals surface area contributed by atoms with Crippen LogP contribution in [-0.4, -0.2) is 11.6 Å². The predicted octanol–water partition coefficient (Wildman–Crippen LogP) is 3.20. The summed E-state index contributed by atoms with van der Waals surface area (Å²) in [5, 5.41) is -1.59. The minimum atomic E-state index is -4.99. The van der Waals surface area contributed by atoms with Crippen molar-refractivity contribution < 1.29 is 22.7 Å². The zero-order valence-corrected chi connectivity index (χ0v) is 8.95. The summed E-state index contributed by atoms with van der Waals surface area (Å²) in [6, 6.07) is 2.22. The van der Waals surface area contributed by atoms with Gasteiger partial charge in [-0.1, -0.05) is 11.6 Å². The van der Waals surface area contributed by atoms with E-state index in [-0.39, 0.29) is 5.69 Å². The molecule has 1 aromatic rings. The molecule has 3 nitrogen and oxygen atoms in total. The van der Waals surface area contributed by atoms with Gasteiger partial charge in [0.1, 0.15) is 5.56 Å². The first-order valence-electron chi connectivity index (χ1n) is 3.76. The first kappa shape index (κ1) is 12.9. The van der Waals surface area contributed by atoms with Crippen LogP contribution < -0.4 is 10.5 Å². The highest BCUT2D eigenvalue weighted by molar-refractivity contribution is 6.68. The van der Waals surface area contributed by atoms with E-state index >= 15 is 0 Å². The van der Waals surface area contributed by atoms with Gasteiger partial charge in [-0.15, -0.1) is 13.2 Å². The molecule has 1 aromatic carbocycles. The summed E-state index contributed by atoms with van der Waals surface area (Å²) in [7, 11) is 0. The van der Waals surface area contributed by atoms with Gasteiger partial charge in [0.25, 0.3) is 5.24 Å². The highest BCUT2D eigenvalue weighted by Gasteiger charge is 2.34. The third-order valence-electron chi connectivity index (χ3n) is 1.56. The lowest BCUT2D eigenvalue weighted by molar-refractivity contribution is -0.274. The first-order valence-corrected chi connectivity index (χ1v) is 4.51. The number of nitrogens with two attached hydrogens (primary N) is 1. The molecular weight excluding hydrogens is 270 g/mol. The van der Waals surface area contributed by atoms with Crippen LogP contribution in [0.2, 0.25) is 5.02 Å². The van der Waals surface area contributed by atoms with Crippen molar-refractivity contribution in [1.82, 2.24) is 0 Å². The van der Waals surface area contributed by atoms with Gasteiger partial charge in [0.2, 0.25) is 0 Å². The van der Waals surface area contributed by atoms with Gasteiger partial charge in [0, 0.05) is 5.69 Å². The molecule has 0 amide bonds. The van der Waals surface area contributed by atoms with E-state index in [0.717, 1.165) is 12.1 Å². The van der Waals surface area contributed by atoms with Crippen molar-refractivity contribution in [1.29, 1.82) is 0 Å². The lowest BCUT2D eigenvalue weighted by Crippen LogP contribution is -2.19. The maximum atomic E-state index is 12.0. The van der Waals surface area contributed by atoms with Gasteiger partial charge in [0.05, 0.1) is 5.02 Å². The summed E-state index contributed by atoms with van der Waals surface area (Å²) < 4.78 is 39.6. The first-order chi connectivity index (χ1) is 7.22. The molecule has 1 rings (SSSR count). The lowest BCUT2D eigenvalue weighted by atomic mass is 10.2. The van der Waals surface area contributed by atoms with Gasteiger partial charge in [-0.2, -0.15) is 0 Å². The van der Waals surface area contributed by atoms with Gasteiger partial charge in [-0.05, 0) is 23.7 Å². The fourth-order valence-corrected chi connectivity index (χ4v) is 1.38. The number of rotatable bonds is 2. The predicted molar refractivity (Wildman–Crippen MR) is 52.7 cm³/mol. The number of hydrogen-bond donors (Lipinski definition) is 1. The van der Waals surface area contributed by atoms with Crippen molar-refractivity contribution in [3.8, 4) is 5.75 Å². The number of hydrogen-bond acceptors (Lipinski definition) is 3. The number of carbonyl (C=O) groups is 1. The molecule has 88 valence electrons. The molecule has 16 heavy (non-hydrogen) atoms. The summed E-state index contributed by atoms with van der Waals surface area (Å²) in [6.45, 7) is 0. The zero-order valence-electron chi connectivity index (χ0n) is 7.44. The van der Waals surface area contributed by atoms with E-state index in [1.807, 2.05) is 0 Å². The summed E-state index contributed by atoms with van der Waals surface area (Å²) in [5.41, 5.74) is 4.45. The number of benzene rings is 1. The Morgan fingerprint density at radius 1 is 1.38 bits per heavy atom. The molecule has 0 spiro atoms. The molecule has 0 aromatic heterocycles. The second-order valence-electron chi connectivity index (χ2n) is 2.66. The van der Waals surface area contributed by atoms with Crippen molar-refractivity contribution in [2.75, 3.05) is 5.73 Å². The Labute approximate surface area is 97.9 Å². The van der Waals surface area contributed by atoms with Crippen LogP contribution >= 0.6 is 23.2 Å². The van der Waals surface area contributed by atoms with Gasteiger partial charge < -0.3 is 10.5 Å². The fraction of sp³-hybridized carbons (Fsp3) is 0.125. The Kier molecular flexibility index (Phi) is 3.54. The molecule has 0 aliphatic heterocycles. The van der Waals surface area contributed by atoms with E-state index in [4.69, 9.17) is 28.9 Å². The molecule has 0 unspecified atom stereocenters. The smallest absolute Gasteiger partial charge is 0.403 e. The lowest BCUT2D eigenvalue weighted by Gasteiger charge is -2.14. The molecule has 0 radical (unpaired) electrons. The van der Waals surface area contributed by atoms with E-state index in [2.05, 4.69) is 4.74 Å². The molecule has 0 bridgehead atoms. The van der Waals surface area contributed by atoms with E-state index in [9.17, 15) is 18.0 Å². The zero-order chi connectivity index (χ0) is 12.5. The van der Waals surface area contributed by atoms with Gasteiger partial charge >= 0.3 is 6.36 Å². The summed E-state index contributed by atoms with van der Waals surface area (Å²) in [6.07, 6.45) is -4.99. The Morgan fingerprint density at radius 2 is 1.94 bits per heavy atom. The Balaban J connectivity index is 3.35. The van der Waals surface area contributed by atoms with Gasteiger partial charge in [-0.3, -0.25) is 4.79 Å². The van der Waals surface area contributed by atoms with Crippen LogP contribution in [0.3, 0.4) is 0 Å². The highest BCUT2D eigenvalue weighted by atomic mass is 35.5. The van der Waals surface area contributed by atoms with Crippen LogP contribution in [0, 0.1) is 0 Å². The number of nitrogen functional groups attached to an aromatic ring is 1. The molecule has 0 saturated heterocycles. The number of anilines is 1. The van der Waals surface area contributed by atoms with E-state index in [1.54, 1.807) is 0 Å². The van der Waals surface area contributed by atoms with Crippen molar-refractivity contribution in [2.24, 2.45) is 0 Å². The molecule has 0 heterocycles. The van der Waals surface area contributed by atoms with E-state index < -0.39 is 27.9 Å². The van der Waals surface area contributed by atoms with Crippen molar-refractivity contribution in [3.63, 3.8) is 0 Å². The normalized spacial score (nSPS) is 11.3. The average molecular weight is 274 g/mol. The Morgan fingerprint density at radius 3 is 2.38 bits per heavy atom. The molecule has 0 atom stereocenters. The van der Waals surface area contributed by atoms with Crippen molar-refractivity contribution >= 4 is 34.1 Å². The van der Waals surface area contributed by atoms with Gasteiger partial charge in [-0.25, -0.2) is 0 Å². The topological polar surface area (TPSA) is 52.3 Å². The molecule has 2 N–H and O–H groups in total. The standard InChI is InChI=1S/C8H4Cl2F3NO2/c9-3-1-2-4(14)5(7(10)15)6(3)16-8(11,12)13/h1-2H,14H2. The number of alkyl halides is 3.